The summed E-state index contributed by atoms with van der Waals surface area (Å²) >= 11 is 0. The fraction of sp³-hybridized carbons (Fsp3) is 0.625. The van der Waals surface area contributed by atoms with Crippen molar-refractivity contribution in [2.24, 2.45) is 0 Å². The third-order valence-electron chi connectivity index (χ3n) is 4.05. The Bertz CT molecular complexity index is 434. The number of likely N-dealkylation sites (tertiary alicyclic amines) is 1. The Morgan fingerprint density at radius 2 is 1.67 bits per heavy atom. The topological polar surface area (TPSA) is 6.48 Å². The zero-order chi connectivity index (χ0) is 15.5. The van der Waals surface area contributed by atoms with Crippen molar-refractivity contribution in [3.63, 3.8) is 0 Å². The lowest BCUT2D eigenvalue weighted by molar-refractivity contribution is -0.137. The van der Waals surface area contributed by atoms with Crippen LogP contribution in [0.5, 0.6) is 0 Å². The van der Waals surface area contributed by atoms with E-state index in [1.54, 1.807) is 12.1 Å². The maximum atomic E-state index is 12.7. The number of halogens is 3. The van der Waals surface area contributed by atoms with Crippen molar-refractivity contribution < 1.29 is 13.2 Å². The molecule has 118 valence electrons. The van der Waals surface area contributed by atoms with E-state index in [0.29, 0.717) is 0 Å². The fourth-order valence-corrected chi connectivity index (χ4v) is 2.89. The molecule has 0 spiro atoms. The van der Waals surface area contributed by atoms with Crippen molar-refractivity contribution in [3.05, 3.63) is 35.4 Å². The van der Waals surface area contributed by atoms with E-state index >= 15 is 0 Å². The molecule has 5 heteroatoms. The molecule has 1 aliphatic heterocycles. The van der Waals surface area contributed by atoms with Gasteiger partial charge in [-0.1, -0.05) is 12.1 Å². The van der Waals surface area contributed by atoms with Gasteiger partial charge in [0.2, 0.25) is 0 Å². The molecule has 0 aliphatic carbocycles. The minimum absolute atomic E-state index is 0.220. The number of nitrogens with zero attached hydrogens (tertiary/aromatic N) is 2. The Hall–Kier alpha value is -1.07. The van der Waals surface area contributed by atoms with E-state index < -0.39 is 11.7 Å². The zero-order valence-corrected chi connectivity index (χ0v) is 12.7. The molecule has 0 saturated carbocycles. The second-order valence-corrected chi connectivity index (χ2v) is 5.97. The molecule has 21 heavy (non-hydrogen) atoms. The smallest absolute Gasteiger partial charge is 0.309 e. The average molecular weight is 300 g/mol. The number of hydrogen-bond donors (Lipinski definition) is 0. The third kappa shape index (κ3) is 4.45. The van der Waals surface area contributed by atoms with Crippen molar-refractivity contribution in [2.45, 2.75) is 31.5 Å². The molecule has 1 saturated heterocycles. The van der Waals surface area contributed by atoms with Crippen LogP contribution in [0.25, 0.3) is 0 Å². The van der Waals surface area contributed by atoms with Crippen LogP contribution in [0.3, 0.4) is 0 Å². The van der Waals surface area contributed by atoms with Gasteiger partial charge >= 0.3 is 6.18 Å². The van der Waals surface area contributed by atoms with Gasteiger partial charge in [-0.25, -0.2) is 0 Å². The lowest BCUT2D eigenvalue weighted by Crippen LogP contribution is -2.28. The van der Waals surface area contributed by atoms with Gasteiger partial charge in [0.25, 0.3) is 0 Å². The summed E-state index contributed by atoms with van der Waals surface area (Å²) in [4.78, 5) is 4.51. The molecule has 0 aromatic heterocycles. The van der Waals surface area contributed by atoms with Gasteiger partial charge in [0, 0.05) is 6.04 Å². The summed E-state index contributed by atoms with van der Waals surface area (Å²) in [6.45, 7) is 3.01. The minimum atomic E-state index is -4.26. The maximum absolute atomic E-state index is 12.7. The van der Waals surface area contributed by atoms with E-state index in [0.717, 1.165) is 31.6 Å². The van der Waals surface area contributed by atoms with Crippen LogP contribution >= 0.6 is 0 Å². The molecule has 2 rings (SSSR count). The Labute approximate surface area is 124 Å². The van der Waals surface area contributed by atoms with Gasteiger partial charge in [-0.05, 0) is 70.7 Å². The molecular weight excluding hydrogens is 277 g/mol. The second-order valence-electron chi connectivity index (χ2n) is 5.97. The Balaban J connectivity index is 2.15. The van der Waals surface area contributed by atoms with Gasteiger partial charge < -0.3 is 4.90 Å². The molecule has 0 radical (unpaired) electrons. The normalized spacial score (nSPS) is 18.4. The molecule has 0 N–H and O–H groups in total. The number of hydrogen-bond acceptors (Lipinski definition) is 2. The monoisotopic (exact) mass is 300 g/mol. The molecule has 1 aliphatic rings. The molecule has 1 unspecified atom stereocenters. The van der Waals surface area contributed by atoms with E-state index in [1.807, 2.05) is 14.1 Å². The second kappa shape index (κ2) is 6.79. The van der Waals surface area contributed by atoms with Crippen LogP contribution in [0.1, 0.15) is 36.4 Å². The molecule has 1 atom stereocenters. The first-order chi connectivity index (χ1) is 9.88. The summed E-state index contributed by atoms with van der Waals surface area (Å²) < 4.78 is 38.0. The molecule has 1 aromatic rings. The number of alkyl halides is 3. The van der Waals surface area contributed by atoms with Crippen LogP contribution < -0.4 is 0 Å². The lowest BCUT2D eigenvalue weighted by Gasteiger charge is -2.29. The van der Waals surface area contributed by atoms with Crippen LogP contribution in [-0.4, -0.2) is 43.5 Å². The maximum Gasteiger partial charge on any atom is 0.416 e. The highest BCUT2D eigenvalue weighted by atomic mass is 19.4. The van der Waals surface area contributed by atoms with Crippen molar-refractivity contribution in [3.8, 4) is 0 Å². The van der Waals surface area contributed by atoms with Crippen molar-refractivity contribution >= 4 is 0 Å². The highest BCUT2D eigenvalue weighted by Gasteiger charge is 2.31. The van der Waals surface area contributed by atoms with Crippen LogP contribution in [0.4, 0.5) is 13.2 Å². The molecule has 1 aromatic carbocycles. The Morgan fingerprint density at radius 3 is 2.14 bits per heavy atom. The van der Waals surface area contributed by atoms with E-state index in [2.05, 4.69) is 9.80 Å². The largest absolute Gasteiger partial charge is 0.416 e. The predicted octanol–water partition coefficient (Wildman–Crippen LogP) is 3.79. The molecule has 1 heterocycles. The average Bonchev–Trinajstić information content (AvgIpc) is 2.92. The molecule has 1 fully saturated rings. The van der Waals surface area contributed by atoms with Crippen LogP contribution in [0.2, 0.25) is 0 Å². The van der Waals surface area contributed by atoms with Crippen LogP contribution in [0, 0.1) is 0 Å². The first-order valence-corrected chi connectivity index (χ1v) is 7.44. The highest BCUT2D eigenvalue weighted by Crippen LogP contribution is 2.32. The number of benzene rings is 1. The van der Waals surface area contributed by atoms with E-state index in [9.17, 15) is 13.2 Å². The molecular formula is C16H23F3N2. The van der Waals surface area contributed by atoms with Crippen molar-refractivity contribution in [1.82, 2.24) is 9.80 Å². The van der Waals surface area contributed by atoms with Crippen molar-refractivity contribution in [1.29, 1.82) is 0 Å². The SMILES string of the molecule is CN(C)CCC(c1ccc(C(F)(F)F)cc1)N1CCCC1. The highest BCUT2D eigenvalue weighted by molar-refractivity contribution is 5.27. The third-order valence-corrected chi connectivity index (χ3v) is 4.05. The summed E-state index contributed by atoms with van der Waals surface area (Å²) in [5.74, 6) is 0. The van der Waals surface area contributed by atoms with Gasteiger partial charge in [-0.3, -0.25) is 4.90 Å². The van der Waals surface area contributed by atoms with Crippen molar-refractivity contribution in [2.75, 3.05) is 33.7 Å². The lowest BCUT2D eigenvalue weighted by atomic mass is 10.0. The minimum Gasteiger partial charge on any atom is -0.309 e. The van der Waals surface area contributed by atoms with Gasteiger partial charge in [0.05, 0.1) is 5.56 Å². The fourth-order valence-electron chi connectivity index (χ4n) is 2.89. The zero-order valence-electron chi connectivity index (χ0n) is 12.7. The summed E-state index contributed by atoms with van der Waals surface area (Å²) in [6, 6.07) is 5.91. The van der Waals surface area contributed by atoms with Gasteiger partial charge in [-0.2, -0.15) is 13.2 Å². The van der Waals surface area contributed by atoms with E-state index in [1.165, 1.54) is 25.0 Å². The standard InChI is InChI=1S/C16H23F3N2/c1-20(2)12-9-15(21-10-3-4-11-21)13-5-7-14(8-6-13)16(17,18)19/h5-8,15H,3-4,9-12H2,1-2H3. The molecule has 0 bridgehead atoms. The molecule has 0 amide bonds. The van der Waals surface area contributed by atoms with Gasteiger partial charge in [0.1, 0.15) is 0 Å². The first kappa shape index (κ1) is 16.3. The summed E-state index contributed by atoms with van der Waals surface area (Å²) in [5, 5.41) is 0. The van der Waals surface area contributed by atoms with Gasteiger partial charge in [-0.15, -0.1) is 0 Å². The first-order valence-electron chi connectivity index (χ1n) is 7.44. The number of rotatable bonds is 5. The van der Waals surface area contributed by atoms with Crippen LogP contribution in [0.15, 0.2) is 24.3 Å². The molecule has 2 nitrogen and oxygen atoms in total. The predicted molar refractivity (Wildman–Crippen MR) is 78.2 cm³/mol. The Morgan fingerprint density at radius 1 is 1.10 bits per heavy atom. The van der Waals surface area contributed by atoms with E-state index in [4.69, 9.17) is 0 Å². The van der Waals surface area contributed by atoms with Crippen LogP contribution in [-0.2, 0) is 6.18 Å². The Kier molecular flexibility index (Phi) is 5.27. The summed E-state index contributed by atoms with van der Waals surface area (Å²) in [6.07, 6.45) is -0.956. The quantitative estimate of drug-likeness (QED) is 0.816. The van der Waals surface area contributed by atoms with Gasteiger partial charge in [0.15, 0.2) is 0 Å². The summed E-state index contributed by atoms with van der Waals surface area (Å²) in [7, 11) is 4.04. The van der Waals surface area contributed by atoms with E-state index in [-0.39, 0.29) is 6.04 Å². The summed E-state index contributed by atoms with van der Waals surface area (Å²) in [5.41, 5.74) is 0.422.